The second kappa shape index (κ2) is 7.38. The minimum atomic E-state index is -0.0444. The molecule has 0 spiro atoms. The number of likely N-dealkylation sites (N-methyl/N-ethyl adjacent to an activating group) is 1. The molecule has 1 atom stereocenters. The summed E-state index contributed by atoms with van der Waals surface area (Å²) in [6.45, 7) is 8.73. The number of thioether (sulfide) groups is 1. The third-order valence-electron chi connectivity index (χ3n) is 2.87. The van der Waals surface area contributed by atoms with Crippen LogP contribution in [0.2, 0.25) is 0 Å². The van der Waals surface area contributed by atoms with E-state index >= 15 is 0 Å². The third kappa shape index (κ3) is 5.38. The molecule has 1 aromatic heterocycles. The molecule has 114 valence electrons. The number of rotatable bonds is 6. The molecule has 0 aliphatic rings. The van der Waals surface area contributed by atoms with Crippen molar-refractivity contribution in [2.75, 3.05) is 30.9 Å². The number of carbonyl (C=O) groups is 1. The predicted molar refractivity (Wildman–Crippen MR) is 87.7 cm³/mol. The lowest BCUT2D eigenvalue weighted by Crippen LogP contribution is -2.37. The number of nitrogens with one attached hydrogen (secondary N) is 1. The Morgan fingerprint density at radius 1 is 1.45 bits per heavy atom. The standard InChI is InChI=1S/C13H24N4OS2/c1-9(8-19-6)17(5)7-10(18)14-12-16-15-11(20-12)13(2,3)4/h9H,7-8H2,1-6H3,(H,14,16,18). The van der Waals surface area contributed by atoms with Gasteiger partial charge in [-0.2, -0.15) is 11.8 Å². The number of aromatic nitrogens is 2. The molecular formula is C13H24N4OS2. The number of anilines is 1. The Kier molecular flexibility index (Phi) is 6.42. The van der Waals surface area contributed by atoms with Gasteiger partial charge in [0.2, 0.25) is 11.0 Å². The largest absolute Gasteiger partial charge is 0.299 e. The Balaban J connectivity index is 2.52. The maximum absolute atomic E-state index is 12.0. The van der Waals surface area contributed by atoms with E-state index in [1.54, 1.807) is 11.8 Å². The van der Waals surface area contributed by atoms with Gasteiger partial charge in [0.1, 0.15) is 5.01 Å². The van der Waals surface area contributed by atoms with Crippen LogP contribution in [0.3, 0.4) is 0 Å². The van der Waals surface area contributed by atoms with E-state index in [0.29, 0.717) is 17.7 Å². The lowest BCUT2D eigenvalue weighted by Gasteiger charge is -2.22. The molecule has 0 bridgehead atoms. The Labute approximate surface area is 129 Å². The molecule has 20 heavy (non-hydrogen) atoms. The van der Waals surface area contributed by atoms with Gasteiger partial charge in [-0.3, -0.25) is 15.0 Å². The first kappa shape index (κ1) is 17.4. The fraction of sp³-hybridized carbons (Fsp3) is 0.769. The lowest BCUT2D eigenvalue weighted by molar-refractivity contribution is -0.117. The first-order valence-electron chi connectivity index (χ1n) is 6.57. The molecule has 0 saturated heterocycles. The first-order valence-corrected chi connectivity index (χ1v) is 8.78. The normalized spacial score (nSPS) is 13.6. The first-order chi connectivity index (χ1) is 9.24. The van der Waals surface area contributed by atoms with Crippen molar-refractivity contribution in [3.8, 4) is 0 Å². The minimum Gasteiger partial charge on any atom is -0.299 e. The quantitative estimate of drug-likeness (QED) is 0.873. The molecular weight excluding hydrogens is 292 g/mol. The van der Waals surface area contributed by atoms with Gasteiger partial charge in [0.05, 0.1) is 6.54 Å². The van der Waals surface area contributed by atoms with Crippen LogP contribution in [0, 0.1) is 0 Å². The zero-order valence-corrected chi connectivity index (χ0v) is 14.7. The van der Waals surface area contributed by atoms with Crippen LogP contribution in [-0.4, -0.2) is 52.6 Å². The summed E-state index contributed by atoms with van der Waals surface area (Å²) in [5.41, 5.74) is -0.0374. The lowest BCUT2D eigenvalue weighted by atomic mass is 9.98. The minimum absolute atomic E-state index is 0.0374. The van der Waals surface area contributed by atoms with E-state index in [-0.39, 0.29) is 11.3 Å². The van der Waals surface area contributed by atoms with E-state index in [9.17, 15) is 4.79 Å². The van der Waals surface area contributed by atoms with Crippen molar-refractivity contribution in [3.05, 3.63) is 5.01 Å². The number of hydrogen-bond acceptors (Lipinski definition) is 6. The Morgan fingerprint density at radius 2 is 2.10 bits per heavy atom. The summed E-state index contributed by atoms with van der Waals surface area (Å²) in [5.74, 6) is 0.966. The molecule has 1 unspecified atom stereocenters. The van der Waals surface area contributed by atoms with E-state index < -0.39 is 0 Å². The van der Waals surface area contributed by atoms with Gasteiger partial charge >= 0.3 is 0 Å². The van der Waals surface area contributed by atoms with Crippen molar-refractivity contribution in [2.24, 2.45) is 0 Å². The van der Waals surface area contributed by atoms with Crippen LogP contribution in [-0.2, 0) is 10.2 Å². The fourth-order valence-corrected chi connectivity index (χ4v) is 3.04. The summed E-state index contributed by atoms with van der Waals surface area (Å²) < 4.78 is 0. The molecule has 1 amide bonds. The topological polar surface area (TPSA) is 58.1 Å². The van der Waals surface area contributed by atoms with Gasteiger partial charge in [0.15, 0.2) is 0 Å². The number of hydrogen-bond donors (Lipinski definition) is 1. The van der Waals surface area contributed by atoms with Gasteiger partial charge in [0, 0.05) is 17.2 Å². The second-order valence-corrected chi connectivity index (χ2v) is 7.82. The average molecular weight is 316 g/mol. The van der Waals surface area contributed by atoms with Gasteiger partial charge < -0.3 is 0 Å². The summed E-state index contributed by atoms with van der Waals surface area (Å²) in [4.78, 5) is 14.0. The van der Waals surface area contributed by atoms with E-state index in [2.05, 4.69) is 49.5 Å². The van der Waals surface area contributed by atoms with E-state index in [0.717, 1.165) is 10.8 Å². The van der Waals surface area contributed by atoms with Crippen LogP contribution in [0.15, 0.2) is 0 Å². The summed E-state index contributed by atoms with van der Waals surface area (Å²) >= 11 is 3.22. The van der Waals surface area contributed by atoms with Crippen LogP contribution >= 0.6 is 23.1 Å². The maximum atomic E-state index is 12.0. The van der Waals surface area contributed by atoms with Crippen molar-refractivity contribution < 1.29 is 4.79 Å². The van der Waals surface area contributed by atoms with Crippen LogP contribution in [0.5, 0.6) is 0 Å². The van der Waals surface area contributed by atoms with Crippen molar-refractivity contribution in [2.45, 2.75) is 39.2 Å². The zero-order valence-electron chi connectivity index (χ0n) is 13.1. The molecule has 1 heterocycles. The van der Waals surface area contributed by atoms with Crippen molar-refractivity contribution in [3.63, 3.8) is 0 Å². The van der Waals surface area contributed by atoms with E-state index in [1.165, 1.54) is 11.3 Å². The zero-order chi connectivity index (χ0) is 15.3. The summed E-state index contributed by atoms with van der Waals surface area (Å²) in [7, 11) is 1.96. The highest BCUT2D eigenvalue weighted by atomic mass is 32.2. The van der Waals surface area contributed by atoms with E-state index in [1.807, 2.05) is 11.9 Å². The smallest absolute Gasteiger partial charge is 0.240 e. The molecule has 0 fully saturated rings. The van der Waals surface area contributed by atoms with Crippen LogP contribution in [0.4, 0.5) is 5.13 Å². The number of carbonyl (C=O) groups excluding carboxylic acids is 1. The second-order valence-electron chi connectivity index (χ2n) is 5.93. The van der Waals surface area contributed by atoms with E-state index in [4.69, 9.17) is 0 Å². The average Bonchev–Trinajstić information content (AvgIpc) is 2.77. The Morgan fingerprint density at radius 3 is 2.60 bits per heavy atom. The SMILES string of the molecule is CSCC(C)N(C)CC(=O)Nc1nnc(C(C)(C)C)s1. The monoisotopic (exact) mass is 316 g/mol. The van der Waals surface area contributed by atoms with Crippen LogP contribution in [0.25, 0.3) is 0 Å². The number of nitrogens with zero attached hydrogens (tertiary/aromatic N) is 3. The van der Waals surface area contributed by atoms with Crippen LogP contribution < -0.4 is 5.32 Å². The van der Waals surface area contributed by atoms with Crippen molar-refractivity contribution in [1.82, 2.24) is 15.1 Å². The molecule has 1 aromatic rings. The molecule has 0 aromatic carbocycles. The molecule has 5 nitrogen and oxygen atoms in total. The maximum Gasteiger partial charge on any atom is 0.240 e. The molecule has 1 rings (SSSR count). The predicted octanol–water partition coefficient (Wildman–Crippen LogP) is 2.46. The Hall–Kier alpha value is -0.660. The van der Waals surface area contributed by atoms with Gasteiger partial charge in [-0.1, -0.05) is 32.1 Å². The molecule has 0 aliphatic carbocycles. The van der Waals surface area contributed by atoms with Gasteiger partial charge in [0.25, 0.3) is 0 Å². The molecule has 0 aliphatic heterocycles. The highest BCUT2D eigenvalue weighted by molar-refractivity contribution is 7.98. The van der Waals surface area contributed by atoms with Gasteiger partial charge in [-0.25, -0.2) is 0 Å². The highest BCUT2D eigenvalue weighted by Crippen LogP contribution is 2.27. The molecule has 0 radical (unpaired) electrons. The van der Waals surface area contributed by atoms with Crippen LogP contribution in [0.1, 0.15) is 32.7 Å². The highest BCUT2D eigenvalue weighted by Gasteiger charge is 2.20. The molecule has 0 saturated carbocycles. The summed E-state index contributed by atoms with van der Waals surface area (Å²) in [6.07, 6.45) is 2.07. The Bertz CT molecular complexity index is 442. The fourth-order valence-electron chi connectivity index (χ4n) is 1.49. The number of amides is 1. The van der Waals surface area contributed by atoms with Crippen molar-refractivity contribution >= 4 is 34.1 Å². The third-order valence-corrected chi connectivity index (χ3v) is 4.95. The molecule has 1 N–H and O–H groups in total. The van der Waals surface area contributed by atoms with Gasteiger partial charge in [-0.05, 0) is 20.2 Å². The summed E-state index contributed by atoms with van der Waals surface area (Å²) in [5, 5.41) is 12.5. The molecule has 7 heteroatoms. The van der Waals surface area contributed by atoms with Crippen molar-refractivity contribution in [1.29, 1.82) is 0 Å². The summed E-state index contributed by atoms with van der Waals surface area (Å²) in [6, 6.07) is 0.371. The van der Waals surface area contributed by atoms with Gasteiger partial charge in [-0.15, -0.1) is 10.2 Å².